The van der Waals surface area contributed by atoms with Crippen LogP contribution in [0.5, 0.6) is 0 Å². The quantitative estimate of drug-likeness (QED) is 0.202. The van der Waals surface area contributed by atoms with Gasteiger partial charge in [-0.25, -0.2) is 0 Å². The molecule has 0 saturated carbocycles. The molecule has 0 spiro atoms. The van der Waals surface area contributed by atoms with Crippen LogP contribution in [0.1, 0.15) is 117 Å². The third-order valence-electron chi connectivity index (χ3n) is 5.87. The Balaban J connectivity index is 1.84. The van der Waals surface area contributed by atoms with Crippen molar-refractivity contribution in [2.24, 2.45) is 0 Å². The summed E-state index contributed by atoms with van der Waals surface area (Å²) in [7, 11) is 0. The summed E-state index contributed by atoms with van der Waals surface area (Å²) >= 11 is 0. The Morgan fingerprint density at radius 2 is 1.26 bits per heavy atom. The van der Waals surface area contributed by atoms with Crippen molar-refractivity contribution in [1.29, 1.82) is 0 Å². The van der Waals surface area contributed by atoms with Gasteiger partial charge in [0.25, 0.3) is 0 Å². The molecule has 1 aliphatic rings. The van der Waals surface area contributed by atoms with Gasteiger partial charge in [0.2, 0.25) is 0 Å². The van der Waals surface area contributed by atoms with E-state index in [-0.39, 0.29) is 6.17 Å². The van der Waals surface area contributed by atoms with Crippen LogP contribution in [-0.2, 0) is 0 Å². The molecular weight excluding hydrogens is 332 g/mol. The number of allylic oxidation sites excluding steroid dienone is 2. The van der Waals surface area contributed by atoms with Crippen LogP contribution in [-0.4, -0.2) is 41.0 Å². The van der Waals surface area contributed by atoms with Gasteiger partial charge in [0.15, 0.2) is 0 Å². The van der Waals surface area contributed by atoms with Gasteiger partial charge < -0.3 is 5.21 Å². The largest absolute Gasteiger partial charge is 0.312 e. The predicted octanol–water partition coefficient (Wildman–Crippen LogP) is 7.16. The topological polar surface area (TPSA) is 26.7 Å². The van der Waals surface area contributed by atoms with E-state index >= 15 is 0 Å². The molecule has 1 heterocycles. The van der Waals surface area contributed by atoms with Gasteiger partial charge >= 0.3 is 0 Å². The van der Waals surface area contributed by atoms with E-state index in [2.05, 4.69) is 30.9 Å². The highest BCUT2D eigenvalue weighted by molar-refractivity contribution is 4.81. The lowest BCUT2D eigenvalue weighted by atomic mass is 10.1. The third-order valence-corrected chi connectivity index (χ3v) is 5.87. The molecule has 0 bridgehead atoms. The lowest BCUT2D eigenvalue weighted by Gasteiger charge is -2.26. The van der Waals surface area contributed by atoms with Gasteiger partial charge in [0, 0.05) is 13.1 Å². The van der Waals surface area contributed by atoms with Gasteiger partial charge in [-0.3, -0.25) is 4.90 Å². The zero-order valence-electron chi connectivity index (χ0n) is 18.5. The smallest absolute Gasteiger partial charge is 0.0866 e. The summed E-state index contributed by atoms with van der Waals surface area (Å²) in [6, 6.07) is 0. The molecule has 1 saturated heterocycles. The second kappa shape index (κ2) is 17.7. The molecule has 1 aliphatic heterocycles. The molecule has 0 amide bonds. The molecule has 0 aromatic heterocycles. The average Bonchev–Trinajstić information content (AvgIpc) is 3.01. The maximum absolute atomic E-state index is 10.00. The predicted molar refractivity (Wildman–Crippen MR) is 118 cm³/mol. The summed E-state index contributed by atoms with van der Waals surface area (Å²) in [6.45, 7) is 7.47. The fourth-order valence-electron chi connectivity index (χ4n) is 4.17. The van der Waals surface area contributed by atoms with Crippen LogP contribution in [0.2, 0.25) is 0 Å². The first kappa shape index (κ1) is 24.7. The number of unbranched alkanes of at least 4 members (excludes halogenated alkanes) is 12. The molecule has 0 aromatic rings. The van der Waals surface area contributed by atoms with E-state index in [1.165, 1.54) is 96.3 Å². The molecule has 3 heteroatoms. The Hall–Kier alpha value is -0.380. The number of hydrogen-bond donors (Lipinski definition) is 1. The van der Waals surface area contributed by atoms with E-state index in [9.17, 15) is 5.21 Å². The number of hydroxylamine groups is 2. The van der Waals surface area contributed by atoms with Crippen LogP contribution in [0.25, 0.3) is 0 Å². The van der Waals surface area contributed by atoms with Gasteiger partial charge in [-0.15, -0.1) is 0 Å². The summed E-state index contributed by atoms with van der Waals surface area (Å²) in [6.07, 6.45) is 26.4. The van der Waals surface area contributed by atoms with Gasteiger partial charge in [-0.05, 0) is 45.1 Å². The van der Waals surface area contributed by atoms with Gasteiger partial charge in [0.05, 0.1) is 6.17 Å². The Kier molecular flexibility index (Phi) is 16.2. The van der Waals surface area contributed by atoms with Gasteiger partial charge in [-0.1, -0.05) is 90.2 Å². The van der Waals surface area contributed by atoms with Crippen molar-refractivity contribution in [3.63, 3.8) is 0 Å². The fourth-order valence-corrected chi connectivity index (χ4v) is 4.17. The van der Waals surface area contributed by atoms with E-state index in [1.807, 2.05) is 0 Å². The van der Waals surface area contributed by atoms with Gasteiger partial charge in [0.1, 0.15) is 0 Å². The maximum Gasteiger partial charge on any atom is 0.0866 e. The highest BCUT2D eigenvalue weighted by Gasteiger charge is 2.29. The van der Waals surface area contributed by atoms with Crippen molar-refractivity contribution < 1.29 is 5.21 Å². The van der Waals surface area contributed by atoms with E-state index in [0.29, 0.717) is 0 Å². The molecule has 1 atom stereocenters. The summed E-state index contributed by atoms with van der Waals surface area (Å²) in [5.41, 5.74) is 0. The lowest BCUT2D eigenvalue weighted by molar-refractivity contribution is -0.127. The highest BCUT2D eigenvalue weighted by atomic mass is 16.5. The van der Waals surface area contributed by atoms with Crippen molar-refractivity contribution in [2.45, 2.75) is 123 Å². The number of hydrogen-bond acceptors (Lipinski definition) is 3. The zero-order valence-corrected chi connectivity index (χ0v) is 18.5. The molecule has 160 valence electrons. The van der Waals surface area contributed by atoms with E-state index in [4.69, 9.17) is 0 Å². The first-order valence-electron chi connectivity index (χ1n) is 12.1. The Morgan fingerprint density at radius 3 is 1.85 bits per heavy atom. The summed E-state index contributed by atoms with van der Waals surface area (Å²) in [4.78, 5) is 2.44. The minimum Gasteiger partial charge on any atom is -0.312 e. The molecule has 1 unspecified atom stereocenters. The standard InChI is InChI=1S/C24H48N2O/c1-3-5-6-7-8-9-10-11-12-13-14-15-16-17-18-19-20-24-25(21-4-2)22-23-26(24)27/h11-12,24,27H,3-10,13-23H2,1-2H3/b12-11-. The van der Waals surface area contributed by atoms with Crippen LogP contribution < -0.4 is 0 Å². The minimum absolute atomic E-state index is 0.279. The van der Waals surface area contributed by atoms with Crippen molar-refractivity contribution in [3.8, 4) is 0 Å². The van der Waals surface area contributed by atoms with E-state index < -0.39 is 0 Å². The van der Waals surface area contributed by atoms with Crippen molar-refractivity contribution >= 4 is 0 Å². The fraction of sp³-hybridized carbons (Fsp3) is 0.917. The molecule has 27 heavy (non-hydrogen) atoms. The van der Waals surface area contributed by atoms with Crippen LogP contribution in [0.3, 0.4) is 0 Å². The molecule has 0 radical (unpaired) electrons. The second-order valence-electron chi connectivity index (χ2n) is 8.41. The lowest BCUT2D eigenvalue weighted by Crippen LogP contribution is -2.37. The third kappa shape index (κ3) is 12.6. The average molecular weight is 381 g/mol. The maximum atomic E-state index is 10.00. The molecule has 3 nitrogen and oxygen atoms in total. The SMILES string of the molecule is CCCCCCCC/C=C\CCCCCCCCC1N(O)CCN1CCC. The Morgan fingerprint density at radius 1 is 0.704 bits per heavy atom. The minimum atomic E-state index is 0.279. The monoisotopic (exact) mass is 380 g/mol. The first-order valence-corrected chi connectivity index (χ1v) is 12.1. The van der Waals surface area contributed by atoms with E-state index in [1.54, 1.807) is 5.06 Å². The molecule has 0 aromatic carbocycles. The van der Waals surface area contributed by atoms with Crippen LogP contribution >= 0.6 is 0 Å². The molecule has 1 fully saturated rings. The van der Waals surface area contributed by atoms with Crippen LogP contribution in [0.15, 0.2) is 12.2 Å². The molecule has 0 aliphatic carbocycles. The van der Waals surface area contributed by atoms with Crippen LogP contribution in [0.4, 0.5) is 0 Å². The first-order chi connectivity index (χ1) is 13.3. The van der Waals surface area contributed by atoms with Crippen molar-refractivity contribution in [3.05, 3.63) is 12.2 Å². The molecular formula is C24H48N2O. The summed E-state index contributed by atoms with van der Waals surface area (Å²) in [5, 5.41) is 11.6. The second-order valence-corrected chi connectivity index (χ2v) is 8.41. The number of rotatable bonds is 18. The van der Waals surface area contributed by atoms with Crippen molar-refractivity contribution in [2.75, 3.05) is 19.6 Å². The summed E-state index contributed by atoms with van der Waals surface area (Å²) in [5.74, 6) is 0. The Bertz CT molecular complexity index is 343. The molecule has 1 rings (SSSR count). The zero-order chi connectivity index (χ0) is 19.6. The normalized spacial score (nSPS) is 18.9. The molecule has 1 N–H and O–H groups in total. The van der Waals surface area contributed by atoms with Crippen LogP contribution in [0, 0.1) is 0 Å². The summed E-state index contributed by atoms with van der Waals surface area (Å²) < 4.78 is 0. The van der Waals surface area contributed by atoms with Crippen molar-refractivity contribution in [1.82, 2.24) is 9.96 Å². The number of nitrogens with zero attached hydrogens (tertiary/aromatic N) is 2. The Labute approximate surface area is 170 Å². The van der Waals surface area contributed by atoms with E-state index in [0.717, 1.165) is 26.1 Å². The highest BCUT2D eigenvalue weighted by Crippen LogP contribution is 2.19. The van der Waals surface area contributed by atoms with Gasteiger partial charge in [-0.2, -0.15) is 5.06 Å².